The number of benzene rings is 2. The summed E-state index contributed by atoms with van der Waals surface area (Å²) in [7, 11) is 1.41. The Bertz CT molecular complexity index is 1270. The number of carbonyl (C=O) groups is 1. The molecule has 5 heteroatoms. The average Bonchev–Trinajstić information content (AvgIpc) is 3.22. The summed E-state index contributed by atoms with van der Waals surface area (Å²) in [6.07, 6.45) is 5.39. The molecule has 30 heavy (non-hydrogen) atoms. The number of amides is 1. The van der Waals surface area contributed by atoms with Crippen molar-refractivity contribution in [3.63, 3.8) is 0 Å². The van der Waals surface area contributed by atoms with Crippen LogP contribution in [0, 0.1) is 6.92 Å². The molecule has 1 aliphatic heterocycles. The van der Waals surface area contributed by atoms with Crippen molar-refractivity contribution in [2.24, 2.45) is 0 Å². The molecule has 3 heterocycles. The van der Waals surface area contributed by atoms with Gasteiger partial charge in [-0.15, -0.1) is 0 Å². The van der Waals surface area contributed by atoms with Crippen LogP contribution in [0.15, 0.2) is 79.1 Å². The fourth-order valence-electron chi connectivity index (χ4n) is 4.14. The van der Waals surface area contributed by atoms with Crippen LogP contribution in [0.3, 0.4) is 0 Å². The van der Waals surface area contributed by atoms with E-state index in [0.717, 1.165) is 39.3 Å². The van der Waals surface area contributed by atoms with Gasteiger partial charge in [-0.1, -0.05) is 54.6 Å². The van der Waals surface area contributed by atoms with Crippen molar-refractivity contribution in [1.82, 2.24) is 14.3 Å². The van der Waals surface area contributed by atoms with E-state index in [2.05, 4.69) is 40.8 Å². The highest BCUT2D eigenvalue weighted by molar-refractivity contribution is 5.75. The normalized spacial score (nSPS) is 15.3. The Labute approximate surface area is 174 Å². The van der Waals surface area contributed by atoms with E-state index < -0.39 is 6.09 Å². The highest BCUT2D eigenvalue weighted by atomic mass is 16.5. The van der Waals surface area contributed by atoms with Gasteiger partial charge >= 0.3 is 6.09 Å². The van der Waals surface area contributed by atoms with Gasteiger partial charge in [0.25, 0.3) is 0 Å². The van der Waals surface area contributed by atoms with Crippen molar-refractivity contribution in [2.75, 3.05) is 7.11 Å². The monoisotopic (exact) mass is 395 g/mol. The fourth-order valence-corrected chi connectivity index (χ4v) is 4.14. The number of aromatic nitrogens is 2. The summed E-state index contributed by atoms with van der Waals surface area (Å²) in [6.45, 7) is 2.01. The van der Waals surface area contributed by atoms with Crippen LogP contribution in [-0.2, 0) is 4.74 Å². The van der Waals surface area contributed by atoms with Gasteiger partial charge in [-0.25, -0.2) is 9.78 Å². The maximum absolute atomic E-state index is 12.6. The van der Waals surface area contributed by atoms with E-state index in [9.17, 15) is 4.79 Å². The minimum absolute atomic E-state index is 0.299. The summed E-state index contributed by atoms with van der Waals surface area (Å²) in [4.78, 5) is 19.1. The number of rotatable bonds is 2. The molecule has 0 spiro atoms. The maximum Gasteiger partial charge on any atom is 0.414 e. The topological polar surface area (TPSA) is 46.8 Å². The third-order valence-corrected chi connectivity index (χ3v) is 5.58. The highest BCUT2D eigenvalue weighted by Gasteiger charge is 2.32. The van der Waals surface area contributed by atoms with Crippen molar-refractivity contribution in [1.29, 1.82) is 0 Å². The first-order valence-electron chi connectivity index (χ1n) is 9.85. The van der Waals surface area contributed by atoms with Gasteiger partial charge in [0.15, 0.2) is 0 Å². The predicted octanol–water partition coefficient (Wildman–Crippen LogP) is 5.45. The van der Waals surface area contributed by atoms with Crippen LogP contribution in [0.2, 0.25) is 0 Å². The zero-order valence-electron chi connectivity index (χ0n) is 16.8. The fraction of sp³-hybridized carbons (Fsp3) is 0.120. The maximum atomic E-state index is 12.6. The van der Waals surface area contributed by atoms with Gasteiger partial charge < -0.3 is 9.14 Å². The average molecular weight is 395 g/mol. The Hall–Kier alpha value is -3.86. The summed E-state index contributed by atoms with van der Waals surface area (Å²) < 4.78 is 7.22. The van der Waals surface area contributed by atoms with E-state index in [1.54, 1.807) is 11.1 Å². The summed E-state index contributed by atoms with van der Waals surface area (Å²) in [5.74, 6) is 0. The molecule has 1 atom stereocenters. The lowest BCUT2D eigenvalue weighted by molar-refractivity contribution is 0.130. The molecule has 4 aromatic rings. The predicted molar refractivity (Wildman–Crippen MR) is 117 cm³/mol. The van der Waals surface area contributed by atoms with Crippen molar-refractivity contribution >= 4 is 17.7 Å². The van der Waals surface area contributed by atoms with E-state index in [1.807, 2.05) is 49.5 Å². The molecule has 0 N–H and O–H groups in total. The molecular weight excluding hydrogens is 374 g/mol. The van der Waals surface area contributed by atoms with Crippen LogP contribution in [-0.4, -0.2) is 27.5 Å². The van der Waals surface area contributed by atoms with E-state index in [-0.39, 0.29) is 6.04 Å². The molecule has 1 aliphatic rings. The Morgan fingerprint density at radius 3 is 2.57 bits per heavy atom. The van der Waals surface area contributed by atoms with Crippen molar-refractivity contribution < 1.29 is 9.53 Å². The second-order valence-corrected chi connectivity index (χ2v) is 7.32. The highest BCUT2D eigenvalue weighted by Crippen LogP contribution is 2.37. The molecule has 2 aromatic heterocycles. The van der Waals surface area contributed by atoms with Crippen molar-refractivity contribution in [2.45, 2.75) is 13.0 Å². The third-order valence-electron chi connectivity index (χ3n) is 5.58. The molecule has 5 nitrogen and oxygen atoms in total. The third kappa shape index (κ3) is 2.87. The van der Waals surface area contributed by atoms with E-state index in [4.69, 9.17) is 9.72 Å². The van der Waals surface area contributed by atoms with Crippen LogP contribution in [0.25, 0.3) is 22.9 Å². The molecule has 0 fully saturated rings. The molecule has 0 saturated carbocycles. The smallest absolute Gasteiger partial charge is 0.414 e. The number of aryl methyl sites for hydroxylation is 1. The van der Waals surface area contributed by atoms with Gasteiger partial charge in [0.2, 0.25) is 0 Å². The number of nitrogens with zero attached hydrogens (tertiary/aromatic N) is 3. The number of ether oxygens (including phenoxy) is 1. The minimum Gasteiger partial charge on any atom is -0.452 e. The Kier molecular flexibility index (Phi) is 4.36. The molecule has 0 radical (unpaired) electrons. The van der Waals surface area contributed by atoms with Crippen LogP contribution in [0.5, 0.6) is 0 Å². The molecule has 5 rings (SSSR count). The first kappa shape index (κ1) is 18.2. The molecule has 0 saturated heterocycles. The summed E-state index contributed by atoms with van der Waals surface area (Å²) in [5, 5.41) is 0. The Balaban J connectivity index is 1.74. The standard InChI is InChI=1S/C25H21N3O2/c1-17-22-12-13-23(28(22)16-21(26-17)19-9-4-3-5-10-19)24-20-11-7-6-8-18(20)14-15-27(24)25(29)30-2/h3-16,24H,1-2H3/t24-/m1/s1. The van der Waals surface area contributed by atoms with Gasteiger partial charge in [-0.2, -0.15) is 0 Å². The quantitative estimate of drug-likeness (QED) is 0.453. The minimum atomic E-state index is -0.394. The zero-order chi connectivity index (χ0) is 20.7. The van der Waals surface area contributed by atoms with Gasteiger partial charge in [0.1, 0.15) is 6.04 Å². The number of hydrogen-bond donors (Lipinski definition) is 0. The number of fused-ring (bicyclic) bond motifs is 2. The molecular formula is C25H21N3O2. The molecule has 0 bridgehead atoms. The summed E-state index contributed by atoms with van der Waals surface area (Å²) in [6, 6.07) is 22.1. The molecule has 148 valence electrons. The lowest BCUT2D eigenvalue weighted by Crippen LogP contribution is -2.33. The number of carbonyl (C=O) groups excluding carboxylic acids is 1. The molecule has 0 unspecified atom stereocenters. The number of methoxy groups -OCH3 is 1. The van der Waals surface area contributed by atoms with Gasteiger partial charge in [-0.3, -0.25) is 4.90 Å². The van der Waals surface area contributed by atoms with E-state index >= 15 is 0 Å². The first-order valence-corrected chi connectivity index (χ1v) is 9.85. The van der Waals surface area contributed by atoms with E-state index in [0.29, 0.717) is 0 Å². The van der Waals surface area contributed by atoms with Crippen LogP contribution >= 0.6 is 0 Å². The van der Waals surface area contributed by atoms with Gasteiger partial charge in [-0.05, 0) is 36.3 Å². The van der Waals surface area contributed by atoms with Gasteiger partial charge in [0, 0.05) is 18.0 Å². The zero-order valence-corrected chi connectivity index (χ0v) is 16.8. The summed E-state index contributed by atoms with van der Waals surface area (Å²) >= 11 is 0. The number of hydrogen-bond acceptors (Lipinski definition) is 3. The summed E-state index contributed by atoms with van der Waals surface area (Å²) in [5.41, 5.74) is 7.02. The molecule has 0 aliphatic carbocycles. The van der Waals surface area contributed by atoms with Crippen molar-refractivity contribution in [3.8, 4) is 11.3 Å². The van der Waals surface area contributed by atoms with Crippen molar-refractivity contribution in [3.05, 3.63) is 102 Å². The SMILES string of the molecule is COC(=O)N1C=Cc2ccccc2[C@@H]1c1ccc2c(C)nc(-c3ccccc3)cn12. The lowest BCUT2D eigenvalue weighted by Gasteiger charge is -2.32. The Morgan fingerprint density at radius 1 is 1.00 bits per heavy atom. The van der Waals surface area contributed by atoms with Crippen LogP contribution < -0.4 is 0 Å². The van der Waals surface area contributed by atoms with E-state index in [1.165, 1.54) is 7.11 Å². The lowest BCUT2D eigenvalue weighted by atomic mass is 9.94. The second-order valence-electron chi connectivity index (χ2n) is 7.32. The second kappa shape index (κ2) is 7.19. The van der Waals surface area contributed by atoms with Gasteiger partial charge in [0.05, 0.1) is 29.7 Å². The first-order chi connectivity index (χ1) is 14.7. The molecule has 1 amide bonds. The largest absolute Gasteiger partial charge is 0.452 e. The van der Waals surface area contributed by atoms with Crippen LogP contribution in [0.1, 0.15) is 28.6 Å². The Morgan fingerprint density at radius 2 is 1.77 bits per heavy atom. The van der Waals surface area contributed by atoms with Crippen LogP contribution in [0.4, 0.5) is 4.79 Å². The molecule has 2 aromatic carbocycles.